The summed E-state index contributed by atoms with van der Waals surface area (Å²) in [6.07, 6.45) is 5.82. The van der Waals surface area contributed by atoms with Gasteiger partial charge in [-0.05, 0) is 64.8 Å². The van der Waals surface area contributed by atoms with E-state index < -0.39 is 0 Å². The summed E-state index contributed by atoms with van der Waals surface area (Å²) < 4.78 is 6.89. The van der Waals surface area contributed by atoms with Gasteiger partial charge in [0.25, 0.3) is 0 Å². The van der Waals surface area contributed by atoms with Crippen LogP contribution >= 0.6 is 22.6 Å². The third-order valence-corrected chi connectivity index (χ3v) is 5.47. The Morgan fingerprint density at radius 3 is 2.86 bits per heavy atom. The Hall–Kier alpha value is -1.49. The molecule has 0 fully saturated rings. The number of halogens is 1. The van der Waals surface area contributed by atoms with Crippen molar-refractivity contribution in [3.8, 4) is 5.75 Å². The summed E-state index contributed by atoms with van der Waals surface area (Å²) >= 11 is 2.40. The first-order chi connectivity index (χ1) is 10.8. The molecule has 2 nitrogen and oxygen atoms in total. The van der Waals surface area contributed by atoms with Gasteiger partial charge in [-0.25, -0.2) is 0 Å². The monoisotopic (exact) mass is 403 g/mol. The number of allylic oxidation sites excluding steroid dienone is 2. The molecule has 0 saturated carbocycles. The Balaban J connectivity index is 1.81. The van der Waals surface area contributed by atoms with Gasteiger partial charge in [0.1, 0.15) is 5.75 Å². The lowest BCUT2D eigenvalue weighted by molar-refractivity contribution is 0.381. The van der Waals surface area contributed by atoms with Crippen molar-refractivity contribution < 1.29 is 4.74 Å². The lowest BCUT2D eigenvalue weighted by Gasteiger charge is -2.38. The maximum absolute atomic E-state index is 5.59. The van der Waals surface area contributed by atoms with Gasteiger partial charge in [0.2, 0.25) is 0 Å². The molecule has 1 heterocycles. The van der Waals surface area contributed by atoms with Crippen molar-refractivity contribution in [1.29, 1.82) is 0 Å². The van der Waals surface area contributed by atoms with Crippen LogP contribution in [0.4, 0.5) is 5.69 Å². The fourth-order valence-electron chi connectivity index (χ4n) is 3.80. The fourth-order valence-corrected chi connectivity index (χ4v) is 4.31. The van der Waals surface area contributed by atoms with Crippen LogP contribution in [0.5, 0.6) is 5.75 Å². The number of rotatable bonds is 2. The van der Waals surface area contributed by atoms with E-state index in [9.17, 15) is 0 Å². The average Bonchev–Trinajstić information content (AvgIpc) is 3.04. The van der Waals surface area contributed by atoms with Crippen LogP contribution in [0.1, 0.15) is 29.5 Å². The topological polar surface area (TPSA) is 21.3 Å². The summed E-state index contributed by atoms with van der Waals surface area (Å²) in [5.74, 6) is 2.03. The second-order valence-corrected chi connectivity index (χ2v) is 7.19. The standard InChI is InChI=1S/C19H18INO/c1-22-18-8-3-2-5-15(18)19-14-7-4-6-13(14)16-11-12(20)9-10-17(16)21-19/h2-6,8-11,13-14,19,21H,7H2,1H3/t13-,14-,19-/m0/s1. The van der Waals surface area contributed by atoms with Crippen LogP contribution in [0.15, 0.2) is 54.6 Å². The number of ether oxygens (including phenoxy) is 1. The summed E-state index contributed by atoms with van der Waals surface area (Å²) in [6.45, 7) is 0. The van der Waals surface area contributed by atoms with Gasteiger partial charge >= 0.3 is 0 Å². The number of hydrogen-bond donors (Lipinski definition) is 1. The van der Waals surface area contributed by atoms with E-state index in [-0.39, 0.29) is 0 Å². The third kappa shape index (κ3) is 2.22. The minimum atomic E-state index is 0.295. The minimum Gasteiger partial charge on any atom is -0.496 e. The van der Waals surface area contributed by atoms with Gasteiger partial charge in [-0.2, -0.15) is 0 Å². The molecule has 2 aromatic carbocycles. The summed E-state index contributed by atoms with van der Waals surface area (Å²) in [6, 6.07) is 15.4. The first kappa shape index (κ1) is 14.1. The van der Waals surface area contributed by atoms with Crippen LogP contribution in [-0.2, 0) is 0 Å². The molecule has 1 aliphatic heterocycles. The van der Waals surface area contributed by atoms with Crippen molar-refractivity contribution in [2.75, 3.05) is 12.4 Å². The molecule has 0 amide bonds. The van der Waals surface area contributed by atoms with E-state index in [0.29, 0.717) is 17.9 Å². The molecule has 2 aromatic rings. The molecule has 0 aromatic heterocycles. The highest BCUT2D eigenvalue weighted by Crippen LogP contribution is 2.51. The molecular weight excluding hydrogens is 385 g/mol. The number of hydrogen-bond acceptors (Lipinski definition) is 2. The van der Waals surface area contributed by atoms with E-state index in [1.807, 2.05) is 6.07 Å². The second-order valence-electron chi connectivity index (χ2n) is 5.95. The summed E-state index contributed by atoms with van der Waals surface area (Å²) in [7, 11) is 1.75. The highest BCUT2D eigenvalue weighted by atomic mass is 127. The number of fused-ring (bicyclic) bond motifs is 3. The average molecular weight is 403 g/mol. The Morgan fingerprint density at radius 2 is 2.00 bits per heavy atom. The van der Waals surface area contributed by atoms with Crippen LogP contribution < -0.4 is 10.1 Å². The van der Waals surface area contributed by atoms with Crippen LogP contribution in [0.2, 0.25) is 0 Å². The lowest BCUT2D eigenvalue weighted by Crippen LogP contribution is -2.29. The van der Waals surface area contributed by atoms with E-state index in [1.165, 1.54) is 20.4 Å². The van der Waals surface area contributed by atoms with Gasteiger partial charge in [0, 0.05) is 20.7 Å². The number of para-hydroxylation sites is 1. The van der Waals surface area contributed by atoms with Crippen molar-refractivity contribution in [3.63, 3.8) is 0 Å². The van der Waals surface area contributed by atoms with Crippen molar-refractivity contribution in [2.45, 2.75) is 18.4 Å². The minimum absolute atomic E-state index is 0.295. The SMILES string of the molecule is COc1ccccc1[C@H]1Nc2ccc(I)cc2[C@H]2C=CC[C@@H]21. The third-order valence-electron chi connectivity index (χ3n) is 4.80. The van der Waals surface area contributed by atoms with Gasteiger partial charge in [-0.3, -0.25) is 0 Å². The van der Waals surface area contributed by atoms with Crippen molar-refractivity contribution in [3.05, 3.63) is 69.3 Å². The van der Waals surface area contributed by atoms with Crippen molar-refractivity contribution >= 4 is 28.3 Å². The summed E-state index contributed by atoms with van der Waals surface area (Å²) in [5, 5.41) is 3.76. The van der Waals surface area contributed by atoms with E-state index in [2.05, 4.69) is 76.5 Å². The molecule has 0 radical (unpaired) electrons. The molecule has 1 N–H and O–H groups in total. The highest BCUT2D eigenvalue weighted by Gasteiger charge is 2.38. The van der Waals surface area contributed by atoms with Crippen LogP contribution in [0, 0.1) is 9.49 Å². The van der Waals surface area contributed by atoms with Crippen LogP contribution in [-0.4, -0.2) is 7.11 Å². The van der Waals surface area contributed by atoms with E-state index >= 15 is 0 Å². The first-order valence-corrected chi connectivity index (χ1v) is 8.71. The molecule has 1 aliphatic carbocycles. The predicted molar refractivity (Wildman–Crippen MR) is 98.5 cm³/mol. The van der Waals surface area contributed by atoms with Crippen molar-refractivity contribution in [1.82, 2.24) is 0 Å². The molecule has 112 valence electrons. The Labute approximate surface area is 144 Å². The lowest BCUT2D eigenvalue weighted by atomic mass is 9.77. The largest absolute Gasteiger partial charge is 0.496 e. The molecular formula is C19H18INO. The molecule has 22 heavy (non-hydrogen) atoms. The Morgan fingerprint density at radius 1 is 1.14 bits per heavy atom. The zero-order chi connectivity index (χ0) is 15.1. The maximum Gasteiger partial charge on any atom is 0.124 e. The summed E-state index contributed by atoms with van der Waals surface area (Å²) in [4.78, 5) is 0. The quantitative estimate of drug-likeness (QED) is 0.555. The fraction of sp³-hybridized carbons (Fsp3) is 0.263. The molecule has 0 saturated heterocycles. The predicted octanol–water partition coefficient (Wildman–Crippen LogP) is 5.13. The summed E-state index contributed by atoms with van der Waals surface area (Å²) in [5.41, 5.74) is 3.94. The van der Waals surface area contributed by atoms with Gasteiger partial charge in [0.15, 0.2) is 0 Å². The van der Waals surface area contributed by atoms with Gasteiger partial charge in [0.05, 0.1) is 13.2 Å². The molecule has 4 rings (SSSR count). The number of benzene rings is 2. The smallest absolute Gasteiger partial charge is 0.124 e. The van der Waals surface area contributed by atoms with E-state index in [4.69, 9.17) is 4.74 Å². The van der Waals surface area contributed by atoms with E-state index in [0.717, 1.165) is 12.2 Å². The zero-order valence-corrected chi connectivity index (χ0v) is 14.6. The molecule has 3 heteroatoms. The molecule has 3 atom stereocenters. The normalized spacial score (nSPS) is 25.3. The molecule has 0 spiro atoms. The van der Waals surface area contributed by atoms with Crippen molar-refractivity contribution in [2.24, 2.45) is 5.92 Å². The molecule has 0 bridgehead atoms. The zero-order valence-electron chi connectivity index (χ0n) is 12.4. The van der Waals surface area contributed by atoms with Crippen LogP contribution in [0.25, 0.3) is 0 Å². The Kier molecular flexibility index (Phi) is 3.60. The first-order valence-electron chi connectivity index (χ1n) is 7.63. The Bertz CT molecular complexity index is 740. The van der Waals surface area contributed by atoms with Gasteiger partial charge in [-0.15, -0.1) is 0 Å². The number of nitrogens with one attached hydrogen (secondary N) is 1. The number of methoxy groups -OCH3 is 1. The van der Waals surface area contributed by atoms with Gasteiger partial charge in [-0.1, -0.05) is 30.4 Å². The number of anilines is 1. The maximum atomic E-state index is 5.59. The highest BCUT2D eigenvalue weighted by molar-refractivity contribution is 14.1. The second kappa shape index (κ2) is 5.61. The van der Waals surface area contributed by atoms with E-state index in [1.54, 1.807) is 7.11 Å². The molecule has 2 aliphatic rings. The molecule has 0 unspecified atom stereocenters. The van der Waals surface area contributed by atoms with Crippen LogP contribution in [0.3, 0.4) is 0 Å². The van der Waals surface area contributed by atoms with Gasteiger partial charge < -0.3 is 10.1 Å².